The van der Waals surface area contributed by atoms with Gasteiger partial charge in [-0.2, -0.15) is 13.2 Å². The molecule has 0 bridgehead atoms. The first-order valence-corrected chi connectivity index (χ1v) is 12.5. The highest BCUT2D eigenvalue weighted by Crippen LogP contribution is 2.36. The number of halogens is 5. The van der Waals surface area contributed by atoms with Crippen LogP contribution in [0.5, 0.6) is 0 Å². The van der Waals surface area contributed by atoms with Gasteiger partial charge in [0.2, 0.25) is 0 Å². The van der Waals surface area contributed by atoms with Gasteiger partial charge < -0.3 is 5.32 Å². The maximum atomic E-state index is 13.2. The van der Waals surface area contributed by atoms with Crippen LogP contribution in [0.25, 0.3) is 10.9 Å². The standard InChI is InChI=1S/C28H24Cl2F3N3/c29-22-5-3-4-18(14-22)27(19-6-7-20(24(30)15-19)17-36-12-1-2-13-36)35-25-10-11-34-26-16-21(28(31,32)33)8-9-23(25)26/h3-11,14-16,27H,1-2,12-13,17H2,(H,34,35). The van der Waals surface area contributed by atoms with Gasteiger partial charge in [-0.25, -0.2) is 0 Å². The Morgan fingerprint density at radius 3 is 2.42 bits per heavy atom. The first-order chi connectivity index (χ1) is 17.3. The summed E-state index contributed by atoms with van der Waals surface area (Å²) in [6, 6.07) is 18.6. The summed E-state index contributed by atoms with van der Waals surface area (Å²) in [6.45, 7) is 2.97. The van der Waals surface area contributed by atoms with E-state index in [-0.39, 0.29) is 11.6 Å². The van der Waals surface area contributed by atoms with Crippen molar-refractivity contribution in [1.82, 2.24) is 9.88 Å². The summed E-state index contributed by atoms with van der Waals surface area (Å²) in [7, 11) is 0. The molecule has 3 nitrogen and oxygen atoms in total. The Morgan fingerprint density at radius 1 is 0.917 bits per heavy atom. The molecule has 0 saturated carbocycles. The van der Waals surface area contributed by atoms with Gasteiger partial charge in [-0.15, -0.1) is 0 Å². The van der Waals surface area contributed by atoms with E-state index in [9.17, 15) is 13.2 Å². The minimum absolute atomic E-state index is 0.263. The first-order valence-electron chi connectivity index (χ1n) is 11.8. The van der Waals surface area contributed by atoms with Crippen LogP contribution in [-0.2, 0) is 12.7 Å². The zero-order chi connectivity index (χ0) is 25.3. The number of nitrogens with one attached hydrogen (secondary N) is 1. The van der Waals surface area contributed by atoms with Gasteiger partial charge >= 0.3 is 6.18 Å². The van der Waals surface area contributed by atoms with Gasteiger partial charge in [0.1, 0.15) is 0 Å². The van der Waals surface area contributed by atoms with Gasteiger partial charge in [-0.05, 0) is 79.0 Å². The largest absolute Gasteiger partial charge is 0.416 e. The summed E-state index contributed by atoms with van der Waals surface area (Å²) in [6.07, 6.45) is -0.510. The third-order valence-corrected chi connectivity index (χ3v) is 7.14. The highest BCUT2D eigenvalue weighted by Gasteiger charge is 2.30. The van der Waals surface area contributed by atoms with Crippen molar-refractivity contribution in [2.75, 3.05) is 18.4 Å². The highest BCUT2D eigenvalue weighted by molar-refractivity contribution is 6.31. The smallest absolute Gasteiger partial charge is 0.374 e. The van der Waals surface area contributed by atoms with Gasteiger partial charge in [0.05, 0.1) is 17.1 Å². The Morgan fingerprint density at radius 2 is 1.69 bits per heavy atom. The van der Waals surface area contributed by atoms with Gasteiger partial charge in [0.15, 0.2) is 0 Å². The van der Waals surface area contributed by atoms with Gasteiger partial charge in [-0.3, -0.25) is 9.88 Å². The van der Waals surface area contributed by atoms with Crippen molar-refractivity contribution in [1.29, 1.82) is 0 Å². The van der Waals surface area contributed by atoms with Crippen LogP contribution in [0.15, 0.2) is 72.9 Å². The highest BCUT2D eigenvalue weighted by atomic mass is 35.5. The Kier molecular flexibility index (Phi) is 7.11. The average Bonchev–Trinajstić information content (AvgIpc) is 3.36. The van der Waals surface area contributed by atoms with Crippen molar-refractivity contribution in [3.05, 3.63) is 105 Å². The maximum Gasteiger partial charge on any atom is 0.416 e. The Bertz CT molecular complexity index is 1380. The number of benzene rings is 3. The van der Waals surface area contributed by atoms with E-state index in [0.717, 1.165) is 48.5 Å². The number of fused-ring (bicyclic) bond motifs is 1. The third kappa shape index (κ3) is 5.46. The number of pyridine rings is 1. The summed E-state index contributed by atoms with van der Waals surface area (Å²) >= 11 is 13.0. The van der Waals surface area contributed by atoms with Gasteiger partial charge in [-0.1, -0.05) is 53.5 Å². The second-order valence-corrected chi connectivity index (χ2v) is 9.90. The quantitative estimate of drug-likeness (QED) is 0.272. The molecular weight excluding hydrogens is 506 g/mol. The molecule has 8 heteroatoms. The number of anilines is 1. The molecule has 1 unspecified atom stereocenters. The summed E-state index contributed by atoms with van der Waals surface area (Å²) in [5, 5.41) is 5.37. The molecule has 0 radical (unpaired) electrons. The molecule has 4 aromatic rings. The summed E-state index contributed by atoms with van der Waals surface area (Å²) in [5.74, 6) is 0. The van der Waals surface area contributed by atoms with E-state index in [1.165, 1.54) is 25.1 Å². The fraction of sp³-hybridized carbons (Fsp3) is 0.250. The predicted octanol–water partition coefficient (Wildman–Crippen LogP) is 8.36. The molecule has 2 heterocycles. The van der Waals surface area contributed by atoms with Crippen molar-refractivity contribution in [3.63, 3.8) is 0 Å². The van der Waals surface area contributed by atoms with E-state index in [1.54, 1.807) is 12.1 Å². The molecule has 1 atom stereocenters. The lowest BCUT2D eigenvalue weighted by molar-refractivity contribution is -0.137. The lowest BCUT2D eigenvalue weighted by Crippen LogP contribution is -2.19. The van der Waals surface area contributed by atoms with E-state index in [0.29, 0.717) is 21.1 Å². The van der Waals surface area contributed by atoms with Crippen LogP contribution in [0.3, 0.4) is 0 Å². The summed E-state index contributed by atoms with van der Waals surface area (Å²) in [4.78, 5) is 6.57. The van der Waals surface area contributed by atoms with Crippen molar-refractivity contribution < 1.29 is 13.2 Å². The number of rotatable bonds is 6. The second-order valence-electron chi connectivity index (χ2n) is 9.05. The van der Waals surface area contributed by atoms with Crippen LogP contribution in [0, 0.1) is 0 Å². The molecule has 1 N–H and O–H groups in total. The molecular formula is C28H24Cl2F3N3. The molecule has 5 rings (SSSR count). The van der Waals surface area contributed by atoms with Crippen molar-refractivity contribution in [2.45, 2.75) is 31.6 Å². The van der Waals surface area contributed by atoms with Gasteiger partial charge in [0, 0.05) is 33.9 Å². The number of aromatic nitrogens is 1. The number of likely N-dealkylation sites (tertiary alicyclic amines) is 1. The Labute approximate surface area is 217 Å². The predicted molar refractivity (Wildman–Crippen MR) is 140 cm³/mol. The molecule has 1 fully saturated rings. The van der Waals surface area contributed by atoms with Crippen molar-refractivity contribution in [3.8, 4) is 0 Å². The van der Waals surface area contributed by atoms with Crippen LogP contribution >= 0.6 is 23.2 Å². The SMILES string of the molecule is FC(F)(F)c1ccc2c(NC(c3cccc(Cl)c3)c3ccc(CN4CCCC4)c(Cl)c3)ccnc2c1. The van der Waals surface area contributed by atoms with E-state index >= 15 is 0 Å². The van der Waals surface area contributed by atoms with E-state index in [1.807, 2.05) is 30.3 Å². The molecule has 0 spiro atoms. The van der Waals surface area contributed by atoms with Crippen LogP contribution in [-0.4, -0.2) is 23.0 Å². The molecule has 0 aliphatic carbocycles. The lowest BCUT2D eigenvalue weighted by Gasteiger charge is -2.24. The van der Waals surface area contributed by atoms with Gasteiger partial charge in [0.25, 0.3) is 0 Å². The van der Waals surface area contributed by atoms with Crippen LogP contribution in [0.2, 0.25) is 10.0 Å². The van der Waals surface area contributed by atoms with E-state index in [4.69, 9.17) is 23.2 Å². The Balaban J connectivity index is 1.52. The zero-order valence-electron chi connectivity index (χ0n) is 19.3. The molecule has 1 aromatic heterocycles. The number of hydrogen-bond acceptors (Lipinski definition) is 3. The molecule has 1 aliphatic rings. The van der Waals surface area contributed by atoms with E-state index < -0.39 is 11.7 Å². The lowest BCUT2D eigenvalue weighted by atomic mass is 9.96. The Hall–Kier alpha value is -2.80. The maximum absolute atomic E-state index is 13.2. The molecule has 36 heavy (non-hydrogen) atoms. The molecule has 1 saturated heterocycles. The first kappa shape index (κ1) is 24.9. The second kappa shape index (κ2) is 10.3. The van der Waals surface area contributed by atoms with Crippen molar-refractivity contribution in [2.24, 2.45) is 0 Å². The topological polar surface area (TPSA) is 28.2 Å². The molecule has 1 aliphatic heterocycles. The average molecular weight is 530 g/mol. The van der Waals surface area contributed by atoms with Crippen molar-refractivity contribution >= 4 is 39.8 Å². The minimum atomic E-state index is -4.43. The monoisotopic (exact) mass is 529 g/mol. The van der Waals surface area contributed by atoms with E-state index in [2.05, 4.69) is 21.3 Å². The fourth-order valence-corrected chi connectivity index (χ4v) is 5.15. The number of nitrogens with zero attached hydrogens (tertiary/aromatic N) is 2. The number of hydrogen-bond donors (Lipinski definition) is 1. The molecule has 186 valence electrons. The summed E-state index contributed by atoms with van der Waals surface area (Å²) < 4.78 is 39.7. The molecule has 3 aromatic carbocycles. The minimum Gasteiger partial charge on any atom is -0.374 e. The number of alkyl halides is 3. The normalized spacial score (nSPS) is 15.4. The summed E-state index contributed by atoms with van der Waals surface area (Å²) in [5.41, 5.74) is 3.09. The van der Waals surface area contributed by atoms with Crippen LogP contribution in [0.1, 0.15) is 41.1 Å². The van der Waals surface area contributed by atoms with Crippen LogP contribution in [0.4, 0.5) is 18.9 Å². The third-order valence-electron chi connectivity index (χ3n) is 6.55. The fourth-order valence-electron chi connectivity index (χ4n) is 4.70. The zero-order valence-corrected chi connectivity index (χ0v) is 20.8. The van der Waals surface area contributed by atoms with Crippen LogP contribution < -0.4 is 5.32 Å². The molecule has 0 amide bonds.